The van der Waals surface area contributed by atoms with Crippen LogP contribution in [-0.4, -0.2) is 65.3 Å². The largest absolute Gasteiger partial charge is 0.493 e. The highest BCUT2D eigenvalue weighted by Crippen LogP contribution is 2.23. The number of anilines is 1. The Labute approximate surface area is 185 Å². The lowest BCUT2D eigenvalue weighted by Gasteiger charge is -2.36. The molecule has 0 atom stereocenters. The Morgan fingerprint density at radius 1 is 1.12 bits per heavy atom. The molecule has 1 aliphatic heterocycles. The highest BCUT2D eigenvalue weighted by atomic mass is 19.1. The summed E-state index contributed by atoms with van der Waals surface area (Å²) >= 11 is 0. The number of methoxy groups -OCH3 is 1. The number of carbonyl (C=O) groups is 1. The third kappa shape index (κ3) is 4.62. The van der Waals surface area contributed by atoms with E-state index in [0.717, 1.165) is 19.2 Å². The third-order valence-electron chi connectivity index (χ3n) is 5.72. The SMILES string of the molecule is COc1cccnc1-n1ncc(C(=O)CCN2CCN(c3cc(F)cc(F)c3)CC2)c1C. The highest BCUT2D eigenvalue weighted by molar-refractivity contribution is 5.97. The number of Topliss-reactive ketones (excluding diaryl/α,β-unsaturated/α-hetero) is 1. The fraction of sp³-hybridized carbons (Fsp3) is 0.348. The van der Waals surface area contributed by atoms with Crippen molar-refractivity contribution >= 4 is 11.5 Å². The van der Waals surface area contributed by atoms with Crippen LogP contribution in [0.2, 0.25) is 0 Å². The lowest BCUT2D eigenvalue weighted by Crippen LogP contribution is -2.47. The van der Waals surface area contributed by atoms with Crippen LogP contribution < -0.4 is 9.64 Å². The van der Waals surface area contributed by atoms with E-state index < -0.39 is 11.6 Å². The number of ether oxygens (including phenoxy) is 1. The van der Waals surface area contributed by atoms with Crippen molar-refractivity contribution < 1.29 is 18.3 Å². The van der Waals surface area contributed by atoms with Gasteiger partial charge in [-0.1, -0.05) is 0 Å². The Kier molecular flexibility index (Phi) is 6.45. The lowest BCUT2D eigenvalue weighted by atomic mass is 10.1. The average Bonchev–Trinajstić information content (AvgIpc) is 3.18. The first-order chi connectivity index (χ1) is 15.5. The number of hydrogen-bond donors (Lipinski definition) is 0. The van der Waals surface area contributed by atoms with E-state index in [9.17, 15) is 13.6 Å². The maximum Gasteiger partial charge on any atom is 0.196 e. The molecular weight excluding hydrogens is 416 g/mol. The van der Waals surface area contributed by atoms with Crippen molar-refractivity contribution in [2.75, 3.05) is 44.7 Å². The minimum absolute atomic E-state index is 0.0123. The van der Waals surface area contributed by atoms with Gasteiger partial charge in [-0.15, -0.1) is 0 Å². The van der Waals surface area contributed by atoms with E-state index in [2.05, 4.69) is 15.0 Å². The first-order valence-corrected chi connectivity index (χ1v) is 10.5. The first-order valence-electron chi connectivity index (χ1n) is 10.5. The molecule has 0 bridgehead atoms. The molecule has 168 valence electrons. The van der Waals surface area contributed by atoms with E-state index in [1.807, 2.05) is 11.8 Å². The second-order valence-electron chi connectivity index (χ2n) is 7.71. The van der Waals surface area contributed by atoms with E-state index in [1.165, 1.54) is 12.1 Å². The summed E-state index contributed by atoms with van der Waals surface area (Å²) in [7, 11) is 1.57. The fourth-order valence-electron chi connectivity index (χ4n) is 3.94. The van der Waals surface area contributed by atoms with Crippen LogP contribution in [0.5, 0.6) is 5.75 Å². The van der Waals surface area contributed by atoms with Gasteiger partial charge in [-0.25, -0.2) is 18.4 Å². The van der Waals surface area contributed by atoms with Gasteiger partial charge in [-0.3, -0.25) is 9.69 Å². The van der Waals surface area contributed by atoms with Crippen LogP contribution in [0.1, 0.15) is 22.5 Å². The normalized spacial score (nSPS) is 14.6. The van der Waals surface area contributed by atoms with Crippen LogP contribution in [0.4, 0.5) is 14.5 Å². The van der Waals surface area contributed by atoms with Crippen LogP contribution in [0.15, 0.2) is 42.7 Å². The number of rotatable bonds is 7. The molecule has 0 saturated carbocycles. The van der Waals surface area contributed by atoms with Crippen LogP contribution in [0.25, 0.3) is 5.82 Å². The summed E-state index contributed by atoms with van der Waals surface area (Å²) in [5.74, 6) is -0.0250. The molecule has 0 spiro atoms. The lowest BCUT2D eigenvalue weighted by molar-refractivity contribution is 0.0962. The number of hydrogen-bond acceptors (Lipinski definition) is 6. The molecule has 0 N–H and O–H groups in total. The van der Waals surface area contributed by atoms with Gasteiger partial charge in [0.1, 0.15) is 11.6 Å². The van der Waals surface area contributed by atoms with Gasteiger partial charge in [-0.2, -0.15) is 5.10 Å². The van der Waals surface area contributed by atoms with Gasteiger partial charge in [0.25, 0.3) is 0 Å². The summed E-state index contributed by atoms with van der Waals surface area (Å²) in [6.45, 7) is 5.18. The number of halogens is 2. The molecule has 1 fully saturated rings. The predicted octanol–water partition coefficient (Wildman–Crippen LogP) is 3.26. The molecule has 0 unspecified atom stereocenters. The van der Waals surface area contributed by atoms with Crippen LogP contribution >= 0.6 is 0 Å². The number of benzene rings is 1. The second-order valence-corrected chi connectivity index (χ2v) is 7.71. The smallest absolute Gasteiger partial charge is 0.196 e. The van der Waals surface area contributed by atoms with Crippen molar-refractivity contribution in [2.45, 2.75) is 13.3 Å². The summed E-state index contributed by atoms with van der Waals surface area (Å²) in [6, 6.07) is 7.14. The van der Waals surface area contributed by atoms with E-state index in [0.29, 0.717) is 54.6 Å². The molecule has 32 heavy (non-hydrogen) atoms. The Morgan fingerprint density at radius 2 is 1.84 bits per heavy atom. The van der Waals surface area contributed by atoms with E-state index in [1.54, 1.807) is 36.3 Å². The minimum Gasteiger partial charge on any atom is -0.493 e. The molecule has 1 aliphatic rings. The van der Waals surface area contributed by atoms with Gasteiger partial charge >= 0.3 is 0 Å². The topological polar surface area (TPSA) is 63.5 Å². The monoisotopic (exact) mass is 441 g/mol. The van der Waals surface area contributed by atoms with Gasteiger partial charge in [0.05, 0.1) is 24.6 Å². The van der Waals surface area contributed by atoms with Crippen LogP contribution in [-0.2, 0) is 0 Å². The van der Waals surface area contributed by atoms with Gasteiger partial charge in [0.2, 0.25) is 0 Å². The zero-order valence-corrected chi connectivity index (χ0v) is 18.1. The first kappa shape index (κ1) is 21.9. The molecule has 0 aliphatic carbocycles. The van der Waals surface area contributed by atoms with Crippen molar-refractivity contribution in [1.29, 1.82) is 0 Å². The second kappa shape index (κ2) is 9.44. The molecule has 3 heterocycles. The molecule has 1 saturated heterocycles. The number of pyridine rings is 1. The Hall–Kier alpha value is -3.33. The van der Waals surface area contributed by atoms with Gasteiger partial charge < -0.3 is 9.64 Å². The molecule has 0 radical (unpaired) electrons. The zero-order valence-electron chi connectivity index (χ0n) is 18.1. The molecule has 9 heteroatoms. The van der Waals surface area contributed by atoms with Crippen molar-refractivity contribution in [1.82, 2.24) is 19.7 Å². The zero-order chi connectivity index (χ0) is 22.7. The number of carbonyl (C=O) groups excluding carboxylic acids is 1. The van der Waals surface area contributed by atoms with Gasteiger partial charge in [0.15, 0.2) is 17.4 Å². The Bertz CT molecular complexity index is 1090. The van der Waals surface area contributed by atoms with Crippen molar-refractivity contribution in [3.05, 3.63) is 65.6 Å². The molecule has 2 aromatic heterocycles. The predicted molar refractivity (Wildman–Crippen MR) is 117 cm³/mol. The standard InChI is InChI=1S/C23H25F2N5O2/c1-16-20(15-27-30(16)23-22(32-2)4-3-6-26-23)21(31)5-7-28-8-10-29(11-9-28)19-13-17(24)12-18(25)14-19/h3-4,6,12-15H,5,7-11H2,1-2H3. The molecule has 4 rings (SSSR count). The molecular formula is C23H25F2N5O2. The van der Waals surface area contributed by atoms with Crippen LogP contribution in [0.3, 0.4) is 0 Å². The Morgan fingerprint density at radius 3 is 2.53 bits per heavy atom. The summed E-state index contributed by atoms with van der Waals surface area (Å²) in [5, 5.41) is 4.34. The fourth-order valence-corrected chi connectivity index (χ4v) is 3.94. The van der Waals surface area contributed by atoms with Crippen molar-refractivity contribution in [3.63, 3.8) is 0 Å². The summed E-state index contributed by atoms with van der Waals surface area (Å²) in [6.07, 6.45) is 3.58. The maximum absolute atomic E-state index is 13.5. The number of aromatic nitrogens is 3. The van der Waals surface area contributed by atoms with Crippen molar-refractivity contribution in [2.24, 2.45) is 0 Å². The average molecular weight is 441 g/mol. The summed E-state index contributed by atoms with van der Waals surface area (Å²) in [5.41, 5.74) is 1.82. The quantitative estimate of drug-likeness (QED) is 0.525. The molecule has 7 nitrogen and oxygen atoms in total. The van der Waals surface area contributed by atoms with E-state index in [-0.39, 0.29) is 5.78 Å². The maximum atomic E-state index is 13.5. The van der Waals surface area contributed by atoms with Gasteiger partial charge in [-0.05, 0) is 31.2 Å². The number of ketones is 1. The minimum atomic E-state index is -0.577. The molecule has 0 amide bonds. The van der Waals surface area contributed by atoms with E-state index >= 15 is 0 Å². The van der Waals surface area contributed by atoms with Crippen LogP contribution in [0, 0.1) is 18.6 Å². The molecule has 3 aromatic rings. The van der Waals surface area contributed by atoms with Gasteiger partial charge in [0, 0.05) is 57.1 Å². The third-order valence-corrected chi connectivity index (χ3v) is 5.72. The number of piperazine rings is 1. The van der Waals surface area contributed by atoms with E-state index in [4.69, 9.17) is 4.74 Å². The highest BCUT2D eigenvalue weighted by Gasteiger charge is 2.21. The summed E-state index contributed by atoms with van der Waals surface area (Å²) < 4.78 is 33.9. The Balaban J connectivity index is 1.34. The molecule has 1 aromatic carbocycles. The summed E-state index contributed by atoms with van der Waals surface area (Å²) in [4.78, 5) is 21.3. The van der Waals surface area contributed by atoms with Crippen molar-refractivity contribution in [3.8, 4) is 11.6 Å². The number of nitrogens with zero attached hydrogens (tertiary/aromatic N) is 5.